The molecule has 0 aliphatic rings. The second kappa shape index (κ2) is 4.22. The van der Waals surface area contributed by atoms with E-state index in [1.807, 2.05) is 13.0 Å². The summed E-state index contributed by atoms with van der Waals surface area (Å²) in [7, 11) is 1.81. The molecule has 0 saturated heterocycles. The van der Waals surface area contributed by atoms with Crippen LogP contribution in [0.4, 0.5) is 0 Å². The van der Waals surface area contributed by atoms with E-state index >= 15 is 0 Å². The van der Waals surface area contributed by atoms with Crippen molar-refractivity contribution < 1.29 is 9.21 Å². The summed E-state index contributed by atoms with van der Waals surface area (Å²) in [5, 5.41) is 4.75. The van der Waals surface area contributed by atoms with Crippen LogP contribution in [-0.2, 0) is 18.4 Å². The zero-order valence-corrected chi connectivity index (χ0v) is 11.2. The van der Waals surface area contributed by atoms with Gasteiger partial charge < -0.3 is 14.7 Å². The fraction of sp³-hybridized carbons (Fsp3) is 0.308. The van der Waals surface area contributed by atoms with Gasteiger partial charge in [0, 0.05) is 19.5 Å². The number of carbonyl (C=O) groups is 1. The van der Waals surface area contributed by atoms with Gasteiger partial charge in [0.25, 0.3) is 5.56 Å². The van der Waals surface area contributed by atoms with Crippen molar-refractivity contribution >= 4 is 27.9 Å². The van der Waals surface area contributed by atoms with Crippen LogP contribution < -0.4 is 11.3 Å². The second-order valence-corrected chi connectivity index (χ2v) is 4.78. The largest absolute Gasteiger partial charge is 0.459 e. The molecule has 0 fully saturated rings. The molecule has 7 heteroatoms. The minimum absolute atomic E-state index is 0.0814. The Balaban J connectivity index is 2.25. The lowest BCUT2D eigenvalue weighted by molar-refractivity contribution is -0.118. The van der Waals surface area contributed by atoms with Gasteiger partial charge in [0.15, 0.2) is 5.58 Å². The van der Waals surface area contributed by atoms with Crippen molar-refractivity contribution in [2.24, 2.45) is 12.8 Å². The highest BCUT2D eigenvalue weighted by molar-refractivity contribution is 6.04. The van der Waals surface area contributed by atoms with Crippen LogP contribution in [0.15, 0.2) is 21.5 Å². The Morgan fingerprint density at radius 1 is 1.50 bits per heavy atom. The average molecular weight is 274 g/mol. The molecule has 20 heavy (non-hydrogen) atoms. The first-order valence-corrected chi connectivity index (χ1v) is 6.22. The van der Waals surface area contributed by atoms with Crippen molar-refractivity contribution in [1.29, 1.82) is 0 Å². The van der Waals surface area contributed by atoms with Crippen molar-refractivity contribution in [2.75, 3.05) is 0 Å². The summed E-state index contributed by atoms with van der Waals surface area (Å²) in [5.41, 5.74) is 6.86. The van der Waals surface area contributed by atoms with Crippen LogP contribution in [0.1, 0.15) is 12.2 Å². The number of hydrogen-bond acceptors (Lipinski definition) is 4. The molecule has 7 nitrogen and oxygen atoms in total. The van der Waals surface area contributed by atoms with Crippen LogP contribution in [0.2, 0.25) is 0 Å². The van der Waals surface area contributed by atoms with Gasteiger partial charge in [-0.2, -0.15) is 5.10 Å². The number of primary amides is 1. The highest BCUT2D eigenvalue weighted by Crippen LogP contribution is 2.27. The molecule has 0 bridgehead atoms. The Morgan fingerprint density at radius 2 is 2.25 bits per heavy atom. The van der Waals surface area contributed by atoms with Crippen LogP contribution in [-0.4, -0.2) is 20.3 Å². The number of hydrogen-bond donors (Lipinski definition) is 1. The maximum Gasteiger partial charge on any atom is 0.291 e. The lowest BCUT2D eigenvalue weighted by Crippen LogP contribution is -2.26. The van der Waals surface area contributed by atoms with Gasteiger partial charge in [0.1, 0.15) is 11.3 Å². The first kappa shape index (κ1) is 12.5. The lowest BCUT2D eigenvalue weighted by Gasteiger charge is -2.03. The fourth-order valence-corrected chi connectivity index (χ4v) is 2.41. The lowest BCUT2D eigenvalue weighted by atomic mass is 10.3. The first-order chi connectivity index (χ1) is 9.49. The van der Waals surface area contributed by atoms with Gasteiger partial charge in [-0.25, -0.2) is 4.68 Å². The molecule has 3 aromatic rings. The molecular weight excluding hydrogens is 260 g/mol. The van der Waals surface area contributed by atoms with Gasteiger partial charge in [0.2, 0.25) is 5.91 Å². The van der Waals surface area contributed by atoms with Crippen LogP contribution in [0.5, 0.6) is 0 Å². The topological polar surface area (TPSA) is 96.1 Å². The predicted octanol–water partition coefficient (Wildman–Crippen LogP) is 0.665. The third-order valence-corrected chi connectivity index (χ3v) is 3.37. The third-order valence-electron chi connectivity index (χ3n) is 3.37. The van der Waals surface area contributed by atoms with Gasteiger partial charge in [-0.3, -0.25) is 9.59 Å². The number of nitrogens with zero attached hydrogens (tertiary/aromatic N) is 3. The summed E-state index contributed by atoms with van der Waals surface area (Å²) in [5.74, 6) is 0.320. The quantitative estimate of drug-likeness (QED) is 0.759. The fourth-order valence-electron chi connectivity index (χ4n) is 2.41. The molecule has 0 radical (unpaired) electrons. The van der Waals surface area contributed by atoms with E-state index in [9.17, 15) is 9.59 Å². The Labute approximate surface area is 113 Å². The first-order valence-electron chi connectivity index (χ1n) is 6.22. The number of fused-ring (bicyclic) bond motifs is 3. The monoisotopic (exact) mass is 274 g/mol. The smallest absolute Gasteiger partial charge is 0.291 e. The molecule has 0 saturated carbocycles. The van der Waals surface area contributed by atoms with Crippen molar-refractivity contribution in [2.45, 2.75) is 19.9 Å². The molecule has 0 aromatic carbocycles. The van der Waals surface area contributed by atoms with E-state index in [4.69, 9.17) is 10.2 Å². The zero-order chi connectivity index (χ0) is 14.4. The number of nitrogens with two attached hydrogens (primary N) is 1. The number of rotatable bonds is 3. The molecular formula is C13H14N4O3. The highest BCUT2D eigenvalue weighted by atomic mass is 16.3. The van der Waals surface area contributed by atoms with Crippen LogP contribution >= 0.6 is 0 Å². The van der Waals surface area contributed by atoms with Crippen LogP contribution in [0.3, 0.4) is 0 Å². The average Bonchev–Trinajstić information content (AvgIpc) is 2.87. The molecule has 104 valence electrons. The maximum atomic E-state index is 12.4. The second-order valence-electron chi connectivity index (χ2n) is 4.78. The van der Waals surface area contributed by atoms with E-state index in [-0.39, 0.29) is 18.5 Å². The Hall–Kier alpha value is -2.57. The van der Waals surface area contributed by atoms with E-state index in [1.165, 1.54) is 4.68 Å². The molecule has 0 atom stereocenters. The van der Waals surface area contributed by atoms with Crippen molar-refractivity contribution in [3.63, 3.8) is 0 Å². The molecule has 0 aliphatic heterocycles. The van der Waals surface area contributed by atoms with E-state index in [0.29, 0.717) is 16.5 Å². The minimum Gasteiger partial charge on any atom is -0.459 e. The van der Waals surface area contributed by atoms with Crippen molar-refractivity contribution in [3.05, 3.63) is 28.4 Å². The Bertz CT molecular complexity index is 884. The summed E-state index contributed by atoms with van der Waals surface area (Å²) < 4.78 is 8.64. The van der Waals surface area contributed by atoms with Gasteiger partial charge in [-0.15, -0.1) is 0 Å². The van der Waals surface area contributed by atoms with Crippen LogP contribution in [0.25, 0.3) is 22.0 Å². The Morgan fingerprint density at radius 3 is 2.95 bits per heavy atom. The molecule has 0 unspecified atom stereocenters. The van der Waals surface area contributed by atoms with Gasteiger partial charge in [0.05, 0.1) is 23.6 Å². The van der Waals surface area contributed by atoms with E-state index in [1.54, 1.807) is 17.8 Å². The summed E-state index contributed by atoms with van der Waals surface area (Å²) >= 11 is 0. The number of aryl methyl sites for hydroxylation is 3. The van der Waals surface area contributed by atoms with Gasteiger partial charge in [-0.05, 0) is 6.92 Å². The van der Waals surface area contributed by atoms with Gasteiger partial charge in [-0.1, -0.05) is 0 Å². The summed E-state index contributed by atoms with van der Waals surface area (Å²) in [4.78, 5) is 23.2. The van der Waals surface area contributed by atoms with Crippen molar-refractivity contribution in [1.82, 2.24) is 14.3 Å². The molecule has 3 rings (SSSR count). The third kappa shape index (κ3) is 1.70. The van der Waals surface area contributed by atoms with E-state index in [0.717, 1.165) is 11.3 Å². The number of amides is 1. The summed E-state index contributed by atoms with van der Waals surface area (Å²) in [6.45, 7) is 2.03. The summed E-state index contributed by atoms with van der Waals surface area (Å²) in [6, 6.07) is 1.88. The molecule has 1 amide bonds. The molecule has 2 N–H and O–H groups in total. The molecule has 0 spiro atoms. The standard InChI is InChI=1S/C13H14N4O3/c1-7-5-9-12(20-7)8-6-15-17(4-3-10(14)18)13(19)11(8)16(9)2/h5-6H,3-4H2,1-2H3,(H2,14,18). The summed E-state index contributed by atoms with van der Waals surface area (Å²) in [6.07, 6.45) is 1.67. The van der Waals surface area contributed by atoms with Crippen molar-refractivity contribution in [3.8, 4) is 0 Å². The van der Waals surface area contributed by atoms with E-state index < -0.39 is 5.91 Å². The van der Waals surface area contributed by atoms with Gasteiger partial charge >= 0.3 is 0 Å². The maximum absolute atomic E-state index is 12.4. The highest BCUT2D eigenvalue weighted by Gasteiger charge is 2.17. The Kier molecular flexibility index (Phi) is 2.63. The molecule has 3 aromatic heterocycles. The number of carbonyl (C=O) groups excluding carboxylic acids is 1. The number of furan rings is 1. The molecule has 0 aliphatic carbocycles. The SMILES string of the molecule is Cc1cc2c(o1)c1cnn(CCC(N)=O)c(=O)c1n2C. The zero-order valence-electron chi connectivity index (χ0n) is 11.2. The number of aromatic nitrogens is 3. The molecule has 3 heterocycles. The van der Waals surface area contributed by atoms with E-state index in [2.05, 4.69) is 5.10 Å². The predicted molar refractivity (Wildman–Crippen MR) is 73.3 cm³/mol. The van der Waals surface area contributed by atoms with Crippen LogP contribution in [0, 0.1) is 6.92 Å². The minimum atomic E-state index is -0.463. The normalized spacial score (nSPS) is 11.5.